The van der Waals surface area contributed by atoms with Crippen LogP contribution in [0.4, 0.5) is 4.79 Å². The Kier molecular flexibility index (Phi) is 6.56. The Morgan fingerprint density at radius 3 is 2.44 bits per heavy atom. The minimum Gasteiger partial charge on any atom is -0.444 e. The number of piperidine rings is 1. The number of sulfonamides is 1. The molecule has 0 aromatic carbocycles. The number of halogens is 1. The highest BCUT2D eigenvalue weighted by atomic mass is 79.9. The van der Waals surface area contributed by atoms with Gasteiger partial charge in [0.05, 0.1) is 3.79 Å². The van der Waals surface area contributed by atoms with E-state index in [0.717, 1.165) is 16.6 Å². The molecule has 9 heteroatoms. The molecule has 1 fully saturated rings. The molecule has 1 aromatic rings. The number of hydrogen-bond donors (Lipinski definition) is 0. The normalized spacial score (nSPS) is 17.1. The van der Waals surface area contributed by atoms with Crippen molar-refractivity contribution in [3.8, 4) is 0 Å². The van der Waals surface area contributed by atoms with Crippen molar-refractivity contribution in [2.24, 2.45) is 5.92 Å². The minimum absolute atomic E-state index is 0.238. The number of ether oxygens (including phenoxy) is 1. The number of thiophene rings is 1. The van der Waals surface area contributed by atoms with Crippen molar-refractivity contribution < 1.29 is 17.9 Å². The average molecular weight is 453 g/mol. The molecule has 0 bridgehead atoms. The second-order valence-electron chi connectivity index (χ2n) is 7.25. The zero-order chi connectivity index (χ0) is 18.8. The number of likely N-dealkylation sites (tertiary alicyclic amines) is 1. The lowest BCUT2D eigenvalue weighted by molar-refractivity contribution is 0.0179. The molecule has 0 aliphatic carbocycles. The van der Waals surface area contributed by atoms with E-state index >= 15 is 0 Å². The van der Waals surface area contributed by atoms with Crippen LogP contribution in [0.2, 0.25) is 0 Å². The minimum atomic E-state index is -3.45. The van der Waals surface area contributed by atoms with Gasteiger partial charge >= 0.3 is 6.09 Å². The highest BCUT2D eigenvalue weighted by molar-refractivity contribution is 9.11. The van der Waals surface area contributed by atoms with Gasteiger partial charge < -0.3 is 9.64 Å². The molecule has 142 valence electrons. The monoisotopic (exact) mass is 452 g/mol. The Morgan fingerprint density at radius 2 is 1.96 bits per heavy atom. The van der Waals surface area contributed by atoms with E-state index in [9.17, 15) is 13.2 Å². The summed E-state index contributed by atoms with van der Waals surface area (Å²) in [7, 11) is -1.84. The Balaban J connectivity index is 1.88. The van der Waals surface area contributed by atoms with Crippen LogP contribution in [0.25, 0.3) is 0 Å². The number of hydrogen-bond acceptors (Lipinski definition) is 5. The summed E-state index contributed by atoms with van der Waals surface area (Å²) in [5.41, 5.74) is -0.503. The van der Waals surface area contributed by atoms with Gasteiger partial charge in [0.15, 0.2) is 0 Å². The summed E-state index contributed by atoms with van der Waals surface area (Å²) in [6.45, 7) is 7.19. The molecule has 1 saturated heterocycles. The average Bonchev–Trinajstić information content (AvgIpc) is 2.93. The molecule has 1 aliphatic rings. The standard InChI is InChI=1S/C16H25BrN2O4S2/c1-16(2,3)23-15(20)19-9-7-12(8-10-19)11-18(4)25(21,22)14-6-5-13(17)24-14/h5-6,12H,7-11H2,1-4H3. The molecule has 1 aliphatic heterocycles. The van der Waals surface area contributed by atoms with Crippen molar-refractivity contribution >= 4 is 43.4 Å². The van der Waals surface area contributed by atoms with Gasteiger partial charge in [-0.3, -0.25) is 0 Å². The van der Waals surface area contributed by atoms with E-state index in [1.807, 2.05) is 20.8 Å². The number of nitrogens with zero attached hydrogens (tertiary/aromatic N) is 2. The maximum absolute atomic E-state index is 12.6. The smallest absolute Gasteiger partial charge is 0.410 e. The van der Waals surface area contributed by atoms with Crippen molar-refractivity contribution in [2.75, 3.05) is 26.7 Å². The van der Waals surface area contributed by atoms with Crippen molar-refractivity contribution in [3.63, 3.8) is 0 Å². The molecule has 1 amide bonds. The van der Waals surface area contributed by atoms with Gasteiger partial charge in [0, 0.05) is 26.7 Å². The van der Waals surface area contributed by atoms with E-state index in [4.69, 9.17) is 4.74 Å². The first-order chi connectivity index (χ1) is 11.5. The van der Waals surface area contributed by atoms with Crippen molar-refractivity contribution in [1.82, 2.24) is 9.21 Å². The lowest BCUT2D eigenvalue weighted by Crippen LogP contribution is -2.43. The molecule has 0 atom stereocenters. The molecule has 2 rings (SSSR count). The van der Waals surface area contributed by atoms with E-state index < -0.39 is 15.6 Å². The Labute approximate surface area is 162 Å². The predicted molar refractivity (Wildman–Crippen MR) is 102 cm³/mol. The summed E-state index contributed by atoms with van der Waals surface area (Å²) in [5, 5.41) is 0. The highest BCUT2D eigenvalue weighted by Crippen LogP contribution is 2.29. The molecular weight excluding hydrogens is 428 g/mol. The summed E-state index contributed by atoms with van der Waals surface area (Å²) >= 11 is 4.51. The van der Waals surface area contributed by atoms with Crippen LogP contribution in [-0.4, -0.2) is 56.0 Å². The number of carbonyl (C=O) groups excluding carboxylic acids is 1. The molecule has 1 aromatic heterocycles. The van der Waals surface area contributed by atoms with Gasteiger partial charge in [-0.05, 0) is 67.6 Å². The third kappa shape index (κ3) is 5.67. The zero-order valence-corrected chi connectivity index (χ0v) is 18.2. The third-order valence-electron chi connectivity index (χ3n) is 3.99. The molecule has 0 saturated carbocycles. The SMILES string of the molecule is CN(CC1CCN(C(=O)OC(C)(C)C)CC1)S(=O)(=O)c1ccc(Br)s1. The van der Waals surface area contributed by atoms with Crippen LogP contribution in [0.1, 0.15) is 33.6 Å². The van der Waals surface area contributed by atoms with E-state index in [-0.39, 0.29) is 12.0 Å². The Hall–Kier alpha value is -0.640. The van der Waals surface area contributed by atoms with E-state index in [1.165, 1.54) is 15.6 Å². The summed E-state index contributed by atoms with van der Waals surface area (Å²) < 4.78 is 33.1. The van der Waals surface area contributed by atoms with Crippen LogP contribution >= 0.6 is 27.3 Å². The Bertz CT molecular complexity index is 704. The van der Waals surface area contributed by atoms with Crippen molar-refractivity contribution in [3.05, 3.63) is 15.9 Å². The lowest BCUT2D eigenvalue weighted by atomic mass is 9.97. The highest BCUT2D eigenvalue weighted by Gasteiger charge is 2.30. The molecule has 0 unspecified atom stereocenters. The first-order valence-electron chi connectivity index (χ1n) is 8.18. The molecule has 25 heavy (non-hydrogen) atoms. The maximum Gasteiger partial charge on any atom is 0.410 e. The fraction of sp³-hybridized carbons (Fsp3) is 0.688. The summed E-state index contributed by atoms with van der Waals surface area (Å²) in [5.74, 6) is 0.238. The molecular formula is C16H25BrN2O4S2. The molecule has 6 nitrogen and oxygen atoms in total. The number of carbonyl (C=O) groups is 1. The second kappa shape index (κ2) is 7.94. The van der Waals surface area contributed by atoms with Crippen LogP contribution in [0.15, 0.2) is 20.1 Å². The molecule has 0 spiro atoms. The van der Waals surface area contributed by atoms with E-state index in [0.29, 0.717) is 23.8 Å². The van der Waals surface area contributed by atoms with Gasteiger partial charge in [-0.1, -0.05) is 0 Å². The number of amides is 1. The van der Waals surface area contributed by atoms with Crippen LogP contribution < -0.4 is 0 Å². The fourth-order valence-corrected chi connectivity index (χ4v) is 6.14. The van der Waals surface area contributed by atoms with Gasteiger partial charge in [-0.25, -0.2) is 13.2 Å². The first kappa shape index (κ1) is 20.7. The molecule has 0 N–H and O–H groups in total. The maximum atomic E-state index is 12.6. The van der Waals surface area contributed by atoms with E-state index in [1.54, 1.807) is 24.1 Å². The molecule has 0 radical (unpaired) electrons. The van der Waals surface area contributed by atoms with Gasteiger partial charge in [0.1, 0.15) is 9.81 Å². The van der Waals surface area contributed by atoms with Gasteiger partial charge in [-0.15, -0.1) is 11.3 Å². The topological polar surface area (TPSA) is 66.9 Å². The van der Waals surface area contributed by atoms with Crippen LogP contribution in [0.5, 0.6) is 0 Å². The third-order valence-corrected chi connectivity index (χ3v) is 7.91. The van der Waals surface area contributed by atoms with Crippen molar-refractivity contribution in [2.45, 2.75) is 43.4 Å². The lowest BCUT2D eigenvalue weighted by Gasteiger charge is -2.34. The van der Waals surface area contributed by atoms with Crippen LogP contribution in [0.3, 0.4) is 0 Å². The quantitative estimate of drug-likeness (QED) is 0.696. The first-order valence-corrected chi connectivity index (χ1v) is 11.2. The summed E-state index contributed by atoms with van der Waals surface area (Å²) in [4.78, 5) is 13.8. The van der Waals surface area contributed by atoms with Crippen LogP contribution in [-0.2, 0) is 14.8 Å². The molecule has 2 heterocycles. The second-order valence-corrected chi connectivity index (χ2v) is 12.0. The van der Waals surface area contributed by atoms with Gasteiger partial charge in [0.2, 0.25) is 0 Å². The van der Waals surface area contributed by atoms with Crippen molar-refractivity contribution in [1.29, 1.82) is 0 Å². The Morgan fingerprint density at radius 1 is 1.36 bits per heavy atom. The summed E-state index contributed by atoms with van der Waals surface area (Å²) in [6.07, 6.45) is 1.25. The van der Waals surface area contributed by atoms with E-state index in [2.05, 4.69) is 15.9 Å². The van der Waals surface area contributed by atoms with Gasteiger partial charge in [-0.2, -0.15) is 4.31 Å². The van der Waals surface area contributed by atoms with Gasteiger partial charge in [0.25, 0.3) is 10.0 Å². The van der Waals surface area contributed by atoms with Crippen LogP contribution in [0, 0.1) is 5.92 Å². The predicted octanol–water partition coefficient (Wildman–Crippen LogP) is 3.78. The largest absolute Gasteiger partial charge is 0.444 e. The summed E-state index contributed by atoms with van der Waals surface area (Å²) in [6, 6.07) is 3.36. The zero-order valence-electron chi connectivity index (χ0n) is 15.0. The fourth-order valence-electron chi connectivity index (χ4n) is 2.68. The number of rotatable bonds is 4.